The summed E-state index contributed by atoms with van der Waals surface area (Å²) in [6.45, 7) is 4.81. The summed E-state index contributed by atoms with van der Waals surface area (Å²) in [6.07, 6.45) is 5.07. The van der Waals surface area contributed by atoms with Gasteiger partial charge in [-0.1, -0.05) is 13.3 Å². The minimum absolute atomic E-state index is 0.205. The second-order valence-electron chi connectivity index (χ2n) is 3.99. The maximum absolute atomic E-state index is 9.11. The highest BCUT2D eigenvalue weighted by atomic mass is 16.3. The number of rotatable bonds is 6. The molecular weight excluding hydrogens is 150 g/mol. The minimum Gasteiger partial charge on any atom is -0.392 e. The quantitative estimate of drug-likeness (QED) is 0.635. The Labute approximate surface area is 75.4 Å². The Morgan fingerprint density at radius 3 is 2.58 bits per heavy atom. The van der Waals surface area contributed by atoms with Crippen LogP contribution in [0, 0.1) is 5.92 Å². The highest BCUT2D eigenvalue weighted by Crippen LogP contribution is 2.34. The molecule has 2 N–H and O–H groups in total. The molecule has 0 spiro atoms. The maximum Gasteiger partial charge on any atom is 0.0636 e. The van der Waals surface area contributed by atoms with E-state index >= 15 is 0 Å². The molecule has 1 saturated carbocycles. The van der Waals surface area contributed by atoms with Gasteiger partial charge in [0.1, 0.15) is 0 Å². The SMILES string of the molecule is CCCC(NCC(C)O)C1CC1. The fourth-order valence-corrected chi connectivity index (χ4v) is 1.64. The molecule has 1 aliphatic rings. The maximum atomic E-state index is 9.11. The van der Waals surface area contributed by atoms with E-state index in [-0.39, 0.29) is 6.10 Å². The molecular formula is C10H21NO. The predicted octanol–water partition coefficient (Wildman–Crippen LogP) is 1.54. The summed E-state index contributed by atoms with van der Waals surface area (Å²) < 4.78 is 0. The molecule has 0 bridgehead atoms. The van der Waals surface area contributed by atoms with Crippen molar-refractivity contribution in [2.75, 3.05) is 6.54 Å². The largest absolute Gasteiger partial charge is 0.392 e. The molecule has 2 unspecified atom stereocenters. The Bertz CT molecular complexity index is 121. The summed E-state index contributed by atoms with van der Waals surface area (Å²) in [4.78, 5) is 0. The van der Waals surface area contributed by atoms with Gasteiger partial charge in [0.05, 0.1) is 6.10 Å². The Morgan fingerprint density at radius 1 is 1.50 bits per heavy atom. The first-order valence-electron chi connectivity index (χ1n) is 5.15. The zero-order valence-corrected chi connectivity index (χ0v) is 8.21. The molecule has 1 fully saturated rings. The normalized spacial score (nSPS) is 22.2. The minimum atomic E-state index is -0.205. The molecule has 0 saturated heterocycles. The molecule has 1 rings (SSSR count). The molecule has 2 nitrogen and oxygen atoms in total. The third-order valence-electron chi connectivity index (χ3n) is 2.47. The van der Waals surface area contributed by atoms with E-state index in [4.69, 9.17) is 5.11 Å². The summed E-state index contributed by atoms with van der Waals surface area (Å²) in [7, 11) is 0. The molecule has 2 heteroatoms. The molecule has 0 heterocycles. The van der Waals surface area contributed by atoms with E-state index in [0.29, 0.717) is 6.04 Å². The molecule has 0 aromatic heterocycles. The molecule has 72 valence electrons. The molecule has 0 aromatic rings. The molecule has 1 aliphatic carbocycles. The van der Waals surface area contributed by atoms with Crippen LogP contribution in [0.4, 0.5) is 0 Å². The number of aliphatic hydroxyl groups excluding tert-OH is 1. The zero-order valence-electron chi connectivity index (χ0n) is 8.21. The second-order valence-corrected chi connectivity index (χ2v) is 3.99. The van der Waals surface area contributed by atoms with Crippen LogP contribution < -0.4 is 5.32 Å². The van der Waals surface area contributed by atoms with Gasteiger partial charge in [-0.25, -0.2) is 0 Å². The average molecular weight is 171 g/mol. The van der Waals surface area contributed by atoms with Gasteiger partial charge < -0.3 is 10.4 Å². The van der Waals surface area contributed by atoms with E-state index in [1.165, 1.54) is 25.7 Å². The van der Waals surface area contributed by atoms with Gasteiger partial charge in [0.15, 0.2) is 0 Å². The van der Waals surface area contributed by atoms with Gasteiger partial charge in [0, 0.05) is 12.6 Å². The van der Waals surface area contributed by atoms with Gasteiger partial charge in [-0.15, -0.1) is 0 Å². The Hall–Kier alpha value is -0.0800. The van der Waals surface area contributed by atoms with Crippen LogP contribution in [0.3, 0.4) is 0 Å². The summed E-state index contributed by atoms with van der Waals surface area (Å²) in [5, 5.41) is 12.5. The van der Waals surface area contributed by atoms with Crippen LogP contribution in [0.5, 0.6) is 0 Å². The lowest BCUT2D eigenvalue weighted by Crippen LogP contribution is -2.35. The number of aliphatic hydroxyl groups is 1. The van der Waals surface area contributed by atoms with Crippen molar-refractivity contribution in [3.05, 3.63) is 0 Å². The first-order valence-corrected chi connectivity index (χ1v) is 5.15. The number of hydrogen-bond donors (Lipinski definition) is 2. The standard InChI is InChI=1S/C10H21NO/c1-3-4-10(9-5-6-9)11-7-8(2)12/h8-12H,3-7H2,1-2H3. The van der Waals surface area contributed by atoms with Crippen LogP contribution in [-0.4, -0.2) is 23.8 Å². The fraction of sp³-hybridized carbons (Fsp3) is 1.00. The topological polar surface area (TPSA) is 32.3 Å². The van der Waals surface area contributed by atoms with Crippen molar-refractivity contribution < 1.29 is 5.11 Å². The van der Waals surface area contributed by atoms with Gasteiger partial charge in [-0.2, -0.15) is 0 Å². The van der Waals surface area contributed by atoms with Crippen LogP contribution in [0.1, 0.15) is 39.5 Å². The van der Waals surface area contributed by atoms with Crippen molar-refractivity contribution in [3.63, 3.8) is 0 Å². The van der Waals surface area contributed by atoms with Gasteiger partial charge in [-0.05, 0) is 32.1 Å². The van der Waals surface area contributed by atoms with Gasteiger partial charge >= 0.3 is 0 Å². The van der Waals surface area contributed by atoms with Crippen molar-refractivity contribution in [2.24, 2.45) is 5.92 Å². The van der Waals surface area contributed by atoms with Crippen molar-refractivity contribution in [1.29, 1.82) is 0 Å². The summed E-state index contributed by atoms with van der Waals surface area (Å²) in [6, 6.07) is 0.671. The van der Waals surface area contributed by atoms with Gasteiger partial charge in [0.2, 0.25) is 0 Å². The first kappa shape index (κ1) is 10.0. The Balaban J connectivity index is 2.13. The molecule has 2 atom stereocenters. The zero-order chi connectivity index (χ0) is 8.97. The van der Waals surface area contributed by atoms with E-state index in [2.05, 4.69) is 12.2 Å². The van der Waals surface area contributed by atoms with E-state index < -0.39 is 0 Å². The van der Waals surface area contributed by atoms with E-state index in [0.717, 1.165) is 12.5 Å². The highest BCUT2D eigenvalue weighted by Gasteiger charge is 2.29. The molecule has 0 aliphatic heterocycles. The molecule has 0 amide bonds. The van der Waals surface area contributed by atoms with Crippen LogP contribution in [-0.2, 0) is 0 Å². The van der Waals surface area contributed by atoms with Crippen molar-refractivity contribution in [2.45, 2.75) is 51.7 Å². The van der Waals surface area contributed by atoms with Crippen LogP contribution >= 0.6 is 0 Å². The number of nitrogens with one attached hydrogen (secondary N) is 1. The van der Waals surface area contributed by atoms with Crippen molar-refractivity contribution >= 4 is 0 Å². The van der Waals surface area contributed by atoms with E-state index in [1.807, 2.05) is 6.92 Å². The molecule has 12 heavy (non-hydrogen) atoms. The fourth-order valence-electron chi connectivity index (χ4n) is 1.64. The summed E-state index contributed by atoms with van der Waals surface area (Å²) >= 11 is 0. The third kappa shape index (κ3) is 3.55. The van der Waals surface area contributed by atoms with Crippen molar-refractivity contribution in [3.8, 4) is 0 Å². The van der Waals surface area contributed by atoms with Gasteiger partial charge in [0.25, 0.3) is 0 Å². The van der Waals surface area contributed by atoms with Crippen molar-refractivity contribution in [1.82, 2.24) is 5.32 Å². The van der Waals surface area contributed by atoms with Crippen LogP contribution in [0.25, 0.3) is 0 Å². The lowest BCUT2D eigenvalue weighted by atomic mass is 10.1. The molecule has 0 radical (unpaired) electrons. The first-order chi connectivity index (χ1) is 5.74. The summed E-state index contributed by atoms with van der Waals surface area (Å²) in [5.41, 5.74) is 0. The van der Waals surface area contributed by atoms with Crippen LogP contribution in [0.15, 0.2) is 0 Å². The van der Waals surface area contributed by atoms with E-state index in [9.17, 15) is 0 Å². The van der Waals surface area contributed by atoms with Crippen LogP contribution in [0.2, 0.25) is 0 Å². The van der Waals surface area contributed by atoms with Gasteiger partial charge in [-0.3, -0.25) is 0 Å². The molecule has 0 aromatic carbocycles. The smallest absolute Gasteiger partial charge is 0.0636 e. The second kappa shape index (κ2) is 4.83. The lowest BCUT2D eigenvalue weighted by molar-refractivity contribution is 0.183. The average Bonchev–Trinajstić information content (AvgIpc) is 2.79. The highest BCUT2D eigenvalue weighted by molar-refractivity contribution is 4.86. The van der Waals surface area contributed by atoms with E-state index in [1.54, 1.807) is 0 Å². The Morgan fingerprint density at radius 2 is 2.17 bits per heavy atom. The Kier molecular flexibility index (Phi) is 4.02. The predicted molar refractivity (Wildman–Crippen MR) is 51.1 cm³/mol. The third-order valence-corrected chi connectivity index (χ3v) is 2.47. The summed E-state index contributed by atoms with van der Waals surface area (Å²) in [5.74, 6) is 0.906. The lowest BCUT2D eigenvalue weighted by Gasteiger charge is -2.18. The monoisotopic (exact) mass is 171 g/mol. The number of hydrogen-bond acceptors (Lipinski definition) is 2.